The van der Waals surface area contributed by atoms with Crippen LogP contribution >= 0.6 is 11.6 Å². The summed E-state index contributed by atoms with van der Waals surface area (Å²) in [6.45, 7) is 0.504. The van der Waals surface area contributed by atoms with Crippen molar-refractivity contribution in [1.82, 2.24) is 9.88 Å². The number of aliphatic hydroxyl groups excluding tert-OH is 1. The maximum atomic E-state index is 13.4. The fourth-order valence-electron chi connectivity index (χ4n) is 1.92. The van der Waals surface area contributed by atoms with Crippen molar-refractivity contribution >= 4 is 11.6 Å². The zero-order valence-corrected chi connectivity index (χ0v) is 11.4. The lowest BCUT2D eigenvalue weighted by Crippen LogP contribution is -2.24. The van der Waals surface area contributed by atoms with E-state index >= 15 is 0 Å². The molecule has 0 saturated heterocycles. The van der Waals surface area contributed by atoms with E-state index < -0.39 is 5.82 Å². The highest BCUT2D eigenvalue weighted by Crippen LogP contribution is 2.20. The molecule has 0 aliphatic rings. The molecule has 0 radical (unpaired) electrons. The van der Waals surface area contributed by atoms with Gasteiger partial charge in [-0.05, 0) is 29.3 Å². The van der Waals surface area contributed by atoms with Crippen LogP contribution in [0.15, 0.2) is 36.7 Å². The molecule has 5 heteroatoms. The van der Waals surface area contributed by atoms with Crippen molar-refractivity contribution in [3.05, 3.63) is 58.6 Å². The number of halogens is 2. The van der Waals surface area contributed by atoms with Gasteiger partial charge in [-0.15, -0.1) is 0 Å². The van der Waals surface area contributed by atoms with Gasteiger partial charge in [-0.1, -0.05) is 17.7 Å². The van der Waals surface area contributed by atoms with E-state index in [2.05, 4.69) is 5.32 Å². The summed E-state index contributed by atoms with van der Waals surface area (Å²) in [5.41, 5.74) is 1.79. The molecule has 1 aromatic carbocycles. The zero-order chi connectivity index (χ0) is 13.8. The third-order valence-corrected chi connectivity index (χ3v) is 3.28. The van der Waals surface area contributed by atoms with Crippen LogP contribution in [0.3, 0.4) is 0 Å². The number of nitrogens with zero attached hydrogens (tertiary/aromatic N) is 1. The summed E-state index contributed by atoms with van der Waals surface area (Å²) in [7, 11) is 1.95. The molecule has 19 heavy (non-hydrogen) atoms. The summed E-state index contributed by atoms with van der Waals surface area (Å²) in [6, 6.07) is 6.24. The largest absolute Gasteiger partial charge is 0.394 e. The number of benzene rings is 1. The lowest BCUT2D eigenvalue weighted by atomic mass is 10.1. The van der Waals surface area contributed by atoms with Crippen LogP contribution in [0.4, 0.5) is 4.39 Å². The summed E-state index contributed by atoms with van der Waals surface area (Å²) < 4.78 is 15.3. The van der Waals surface area contributed by atoms with Crippen LogP contribution in [0, 0.1) is 5.82 Å². The molecule has 1 aromatic heterocycles. The molecule has 2 N–H and O–H groups in total. The molecule has 0 amide bonds. The van der Waals surface area contributed by atoms with Gasteiger partial charge in [-0.2, -0.15) is 0 Å². The second-order valence-electron chi connectivity index (χ2n) is 4.47. The molecule has 2 aromatic rings. The van der Waals surface area contributed by atoms with Crippen LogP contribution in [-0.4, -0.2) is 16.3 Å². The van der Waals surface area contributed by atoms with E-state index in [-0.39, 0.29) is 17.7 Å². The van der Waals surface area contributed by atoms with Gasteiger partial charge in [0, 0.05) is 26.0 Å². The first-order chi connectivity index (χ1) is 9.10. The number of aliphatic hydroxyl groups is 1. The van der Waals surface area contributed by atoms with Gasteiger partial charge >= 0.3 is 0 Å². The van der Waals surface area contributed by atoms with Crippen LogP contribution in [0.1, 0.15) is 17.2 Å². The molecule has 0 saturated carbocycles. The van der Waals surface area contributed by atoms with Crippen LogP contribution in [0.5, 0.6) is 0 Å². The number of aromatic nitrogens is 1. The molecule has 0 aliphatic carbocycles. The normalized spacial score (nSPS) is 12.6. The Bertz CT molecular complexity index is 556. The van der Waals surface area contributed by atoms with Crippen molar-refractivity contribution in [3.63, 3.8) is 0 Å². The number of nitrogens with one attached hydrogen (secondary N) is 1. The predicted molar refractivity (Wildman–Crippen MR) is 73.5 cm³/mol. The highest BCUT2D eigenvalue weighted by atomic mass is 35.5. The number of hydrogen-bond acceptors (Lipinski definition) is 2. The number of hydrogen-bond donors (Lipinski definition) is 2. The summed E-state index contributed by atoms with van der Waals surface area (Å²) in [5, 5.41) is 12.7. The molecule has 0 spiro atoms. The first-order valence-electron chi connectivity index (χ1n) is 6.00. The first-order valence-corrected chi connectivity index (χ1v) is 6.38. The smallest absolute Gasteiger partial charge is 0.142 e. The van der Waals surface area contributed by atoms with Crippen LogP contribution in [0.2, 0.25) is 5.02 Å². The van der Waals surface area contributed by atoms with Gasteiger partial charge in [0.2, 0.25) is 0 Å². The van der Waals surface area contributed by atoms with Crippen molar-refractivity contribution in [2.75, 3.05) is 6.61 Å². The van der Waals surface area contributed by atoms with Gasteiger partial charge in [0.25, 0.3) is 0 Å². The molecule has 1 unspecified atom stereocenters. The highest BCUT2D eigenvalue weighted by Gasteiger charge is 2.12. The zero-order valence-electron chi connectivity index (χ0n) is 10.6. The van der Waals surface area contributed by atoms with Gasteiger partial charge in [0.1, 0.15) is 5.82 Å². The summed E-state index contributed by atoms with van der Waals surface area (Å²) in [4.78, 5) is 0. The van der Waals surface area contributed by atoms with Gasteiger partial charge in [-0.25, -0.2) is 4.39 Å². The van der Waals surface area contributed by atoms with Gasteiger partial charge in [-0.3, -0.25) is 0 Å². The van der Waals surface area contributed by atoms with Crippen molar-refractivity contribution in [2.24, 2.45) is 7.05 Å². The molecule has 0 aliphatic heterocycles. The van der Waals surface area contributed by atoms with Crippen molar-refractivity contribution in [3.8, 4) is 0 Å². The molecule has 3 nitrogen and oxygen atoms in total. The lowest BCUT2D eigenvalue weighted by Gasteiger charge is -2.16. The minimum atomic E-state index is -0.473. The van der Waals surface area contributed by atoms with E-state index in [0.29, 0.717) is 12.1 Å². The van der Waals surface area contributed by atoms with Crippen molar-refractivity contribution in [2.45, 2.75) is 12.6 Å². The SMILES string of the molecule is Cn1ccc(CNC(CO)c2ccc(Cl)c(F)c2)c1. The molecular formula is C14H16ClFN2O. The quantitative estimate of drug-likeness (QED) is 0.885. The number of rotatable bonds is 5. The maximum absolute atomic E-state index is 13.4. The molecular weight excluding hydrogens is 267 g/mol. The van der Waals surface area contributed by atoms with Crippen LogP contribution < -0.4 is 5.32 Å². The average molecular weight is 283 g/mol. The monoisotopic (exact) mass is 282 g/mol. The molecule has 0 bridgehead atoms. The van der Waals surface area contributed by atoms with E-state index in [1.165, 1.54) is 12.1 Å². The predicted octanol–water partition coefficient (Wildman–Crippen LogP) is 2.64. The third kappa shape index (κ3) is 3.56. The maximum Gasteiger partial charge on any atom is 0.142 e. The second-order valence-corrected chi connectivity index (χ2v) is 4.88. The Balaban J connectivity index is 2.05. The van der Waals surface area contributed by atoms with Gasteiger partial charge in [0.15, 0.2) is 0 Å². The van der Waals surface area contributed by atoms with E-state index in [1.807, 2.05) is 30.1 Å². The third-order valence-electron chi connectivity index (χ3n) is 2.97. The van der Waals surface area contributed by atoms with E-state index in [9.17, 15) is 9.50 Å². The van der Waals surface area contributed by atoms with E-state index in [4.69, 9.17) is 11.6 Å². The standard InChI is InChI=1S/C14H16ClFN2O/c1-18-5-4-10(8-18)7-17-14(9-19)11-2-3-12(15)13(16)6-11/h2-6,8,14,17,19H,7,9H2,1H3. The Morgan fingerprint density at radius 1 is 1.42 bits per heavy atom. The Labute approximate surface area is 116 Å². The van der Waals surface area contributed by atoms with Crippen LogP contribution in [0.25, 0.3) is 0 Å². The fraction of sp³-hybridized carbons (Fsp3) is 0.286. The molecule has 0 fully saturated rings. The summed E-state index contributed by atoms with van der Waals surface area (Å²) in [6.07, 6.45) is 3.94. The molecule has 2 rings (SSSR count). The van der Waals surface area contributed by atoms with Gasteiger partial charge in [0.05, 0.1) is 17.7 Å². The lowest BCUT2D eigenvalue weighted by molar-refractivity contribution is 0.243. The topological polar surface area (TPSA) is 37.2 Å². The highest BCUT2D eigenvalue weighted by molar-refractivity contribution is 6.30. The fourth-order valence-corrected chi connectivity index (χ4v) is 2.04. The summed E-state index contributed by atoms with van der Waals surface area (Å²) in [5.74, 6) is -0.473. The second kappa shape index (κ2) is 6.19. The van der Waals surface area contributed by atoms with E-state index in [1.54, 1.807) is 6.07 Å². The molecule has 1 atom stereocenters. The summed E-state index contributed by atoms with van der Waals surface area (Å²) >= 11 is 5.64. The Morgan fingerprint density at radius 3 is 2.79 bits per heavy atom. The van der Waals surface area contributed by atoms with E-state index in [0.717, 1.165) is 5.56 Å². The van der Waals surface area contributed by atoms with Crippen molar-refractivity contribution < 1.29 is 9.50 Å². The Morgan fingerprint density at radius 2 is 2.21 bits per heavy atom. The van der Waals surface area contributed by atoms with Gasteiger partial charge < -0.3 is 15.0 Å². The minimum Gasteiger partial charge on any atom is -0.394 e. The minimum absolute atomic E-state index is 0.0866. The van der Waals surface area contributed by atoms with Crippen LogP contribution in [-0.2, 0) is 13.6 Å². The Kier molecular flexibility index (Phi) is 4.58. The Hall–Kier alpha value is -1.36. The molecule has 1 heterocycles. The number of aryl methyl sites for hydroxylation is 1. The molecule has 102 valence electrons. The van der Waals surface area contributed by atoms with Crippen molar-refractivity contribution in [1.29, 1.82) is 0 Å². The first kappa shape index (κ1) is 14.1. The average Bonchev–Trinajstić information content (AvgIpc) is 2.80.